The van der Waals surface area contributed by atoms with Crippen LogP contribution >= 0.6 is 0 Å². The highest BCUT2D eigenvalue weighted by Crippen LogP contribution is 2.46. The van der Waals surface area contributed by atoms with Crippen LogP contribution in [0.3, 0.4) is 0 Å². The van der Waals surface area contributed by atoms with E-state index in [4.69, 9.17) is 4.74 Å². The Morgan fingerprint density at radius 3 is 2.46 bits per heavy atom. The number of rotatable bonds is 9. The minimum atomic E-state index is -2.60. The highest BCUT2D eigenvalue weighted by atomic mass is 19.3. The summed E-state index contributed by atoms with van der Waals surface area (Å²) in [5.41, 5.74) is 1.19. The Morgan fingerprint density at radius 2 is 1.89 bits per heavy atom. The fourth-order valence-corrected chi connectivity index (χ4v) is 4.47. The number of alkyl halides is 2. The molecule has 0 radical (unpaired) electrons. The monoisotopic (exact) mass is 392 g/mol. The highest BCUT2D eigenvalue weighted by molar-refractivity contribution is 5.80. The lowest BCUT2D eigenvalue weighted by molar-refractivity contribution is -0.126. The van der Waals surface area contributed by atoms with E-state index >= 15 is 0 Å². The van der Waals surface area contributed by atoms with Gasteiger partial charge in [-0.1, -0.05) is 44.2 Å². The largest absolute Gasteiger partial charge is 0.370 e. The third-order valence-electron chi connectivity index (χ3n) is 6.51. The van der Waals surface area contributed by atoms with Gasteiger partial charge < -0.3 is 15.0 Å². The number of ether oxygens (including phenoxy) is 1. The summed E-state index contributed by atoms with van der Waals surface area (Å²) < 4.78 is 30.9. The summed E-state index contributed by atoms with van der Waals surface area (Å²) >= 11 is 0. The van der Waals surface area contributed by atoms with Gasteiger partial charge in [-0.05, 0) is 29.7 Å². The predicted octanol–water partition coefficient (Wildman–Crippen LogP) is 2.97. The Kier molecular flexibility index (Phi) is 5.45. The number of nitrogens with one attached hydrogen (secondary N) is 1. The van der Waals surface area contributed by atoms with Crippen LogP contribution in [0.2, 0.25) is 0 Å². The average Bonchev–Trinajstić information content (AvgIpc) is 3.39. The molecule has 1 aromatic carbocycles. The maximum Gasteiger partial charge on any atom is 0.276 e. The lowest BCUT2D eigenvalue weighted by Crippen LogP contribution is -2.40. The van der Waals surface area contributed by atoms with E-state index in [1.807, 2.05) is 18.2 Å². The first-order chi connectivity index (χ1) is 13.3. The third-order valence-corrected chi connectivity index (χ3v) is 6.51. The second-order valence-corrected chi connectivity index (χ2v) is 8.99. The molecule has 6 heteroatoms. The van der Waals surface area contributed by atoms with Crippen molar-refractivity contribution in [3.63, 3.8) is 0 Å². The average molecular weight is 392 g/mol. The first-order valence-electron chi connectivity index (χ1n) is 10.4. The van der Waals surface area contributed by atoms with Gasteiger partial charge in [0.1, 0.15) is 6.10 Å². The van der Waals surface area contributed by atoms with Gasteiger partial charge in [-0.3, -0.25) is 4.79 Å². The molecule has 1 aromatic rings. The summed E-state index contributed by atoms with van der Waals surface area (Å²) in [4.78, 5) is 15.1. The van der Waals surface area contributed by atoms with Crippen molar-refractivity contribution < 1.29 is 18.3 Å². The second kappa shape index (κ2) is 7.71. The predicted molar refractivity (Wildman–Crippen MR) is 103 cm³/mol. The smallest absolute Gasteiger partial charge is 0.276 e. The number of amides is 1. The molecule has 3 fully saturated rings. The third kappa shape index (κ3) is 4.38. The van der Waals surface area contributed by atoms with Crippen LogP contribution in [0.15, 0.2) is 30.3 Å². The Labute approximate surface area is 165 Å². The number of carbonyl (C=O) groups is 1. The van der Waals surface area contributed by atoms with Crippen molar-refractivity contribution in [1.29, 1.82) is 0 Å². The summed E-state index contributed by atoms with van der Waals surface area (Å²) in [6, 6.07) is 10.4. The van der Waals surface area contributed by atoms with E-state index in [0.717, 1.165) is 19.5 Å². The zero-order valence-corrected chi connectivity index (χ0v) is 16.6. The molecule has 1 saturated heterocycles. The number of carbonyl (C=O) groups excluding carboxylic acids is 1. The molecule has 3 aliphatic rings. The molecule has 0 spiro atoms. The van der Waals surface area contributed by atoms with Gasteiger partial charge in [0, 0.05) is 38.0 Å². The number of halogens is 2. The minimum absolute atomic E-state index is 0.0200. The molecule has 4 rings (SSSR count). The zero-order chi connectivity index (χ0) is 19.9. The van der Waals surface area contributed by atoms with Gasteiger partial charge in [0.15, 0.2) is 0 Å². The molecular weight excluding hydrogens is 362 g/mol. The van der Waals surface area contributed by atoms with Crippen LogP contribution in [0.5, 0.6) is 0 Å². The molecular formula is C22H30F2N2O2. The molecule has 1 aliphatic heterocycles. The first-order valence-corrected chi connectivity index (χ1v) is 10.4. The molecule has 2 aliphatic carbocycles. The van der Waals surface area contributed by atoms with Crippen molar-refractivity contribution in [3.05, 3.63) is 35.9 Å². The molecule has 0 bridgehead atoms. The van der Waals surface area contributed by atoms with E-state index in [2.05, 4.69) is 36.2 Å². The second-order valence-electron chi connectivity index (χ2n) is 8.99. The van der Waals surface area contributed by atoms with Crippen LogP contribution in [-0.4, -0.2) is 55.1 Å². The van der Waals surface area contributed by atoms with Crippen LogP contribution in [0, 0.1) is 23.7 Å². The molecule has 1 amide bonds. The highest BCUT2D eigenvalue weighted by Gasteiger charge is 2.59. The fourth-order valence-electron chi connectivity index (χ4n) is 4.47. The van der Waals surface area contributed by atoms with Crippen LogP contribution in [0.25, 0.3) is 0 Å². The summed E-state index contributed by atoms with van der Waals surface area (Å²) in [7, 11) is 0. The van der Waals surface area contributed by atoms with E-state index < -0.39 is 12.0 Å². The van der Waals surface area contributed by atoms with Crippen molar-refractivity contribution in [2.75, 3.05) is 26.2 Å². The van der Waals surface area contributed by atoms with Gasteiger partial charge in [0.25, 0.3) is 5.92 Å². The lowest BCUT2D eigenvalue weighted by Gasteiger charge is -2.23. The lowest BCUT2D eigenvalue weighted by atomic mass is 9.88. The maximum absolute atomic E-state index is 12.9. The molecule has 3 unspecified atom stereocenters. The summed E-state index contributed by atoms with van der Waals surface area (Å²) in [6.07, 6.45) is -0.233. The molecule has 154 valence electrons. The van der Waals surface area contributed by atoms with Crippen molar-refractivity contribution in [2.24, 2.45) is 23.7 Å². The van der Waals surface area contributed by atoms with E-state index in [9.17, 15) is 13.6 Å². The molecule has 28 heavy (non-hydrogen) atoms. The van der Waals surface area contributed by atoms with Gasteiger partial charge in [-0.15, -0.1) is 0 Å². The van der Waals surface area contributed by atoms with Gasteiger partial charge in [0.2, 0.25) is 5.91 Å². The topological polar surface area (TPSA) is 41.6 Å². The van der Waals surface area contributed by atoms with Crippen molar-refractivity contribution in [2.45, 2.75) is 44.8 Å². The zero-order valence-electron chi connectivity index (χ0n) is 16.6. The van der Waals surface area contributed by atoms with Gasteiger partial charge in [-0.2, -0.15) is 0 Å². The number of nitrogens with zero attached hydrogens (tertiary/aromatic N) is 1. The molecule has 0 aromatic heterocycles. The number of hydrogen-bond acceptors (Lipinski definition) is 3. The Hall–Kier alpha value is -1.53. The van der Waals surface area contributed by atoms with Gasteiger partial charge in [0.05, 0.1) is 6.61 Å². The quantitative estimate of drug-likeness (QED) is 0.703. The normalized spacial score (nSPS) is 31.5. The molecule has 1 heterocycles. The molecule has 4 nitrogen and oxygen atoms in total. The van der Waals surface area contributed by atoms with Crippen molar-refractivity contribution >= 4 is 5.91 Å². The van der Waals surface area contributed by atoms with Crippen LogP contribution in [0.1, 0.15) is 25.8 Å². The van der Waals surface area contributed by atoms with E-state index in [-0.39, 0.29) is 30.2 Å². The Morgan fingerprint density at radius 1 is 1.25 bits per heavy atom. The van der Waals surface area contributed by atoms with Gasteiger partial charge in [-0.25, -0.2) is 8.78 Å². The molecule has 1 N–H and O–H groups in total. The van der Waals surface area contributed by atoms with Crippen molar-refractivity contribution in [3.8, 4) is 0 Å². The minimum Gasteiger partial charge on any atom is -0.370 e. The summed E-state index contributed by atoms with van der Waals surface area (Å²) in [5, 5.41) is 3.28. The number of hydrogen-bond donors (Lipinski definition) is 1. The number of fused-ring (bicyclic) bond motifs is 1. The van der Waals surface area contributed by atoms with Crippen molar-refractivity contribution in [1.82, 2.24) is 10.2 Å². The number of likely N-dealkylation sites (tertiary alicyclic amines) is 1. The van der Waals surface area contributed by atoms with Crippen LogP contribution < -0.4 is 5.32 Å². The molecule has 5 atom stereocenters. The fraction of sp³-hybridized carbons (Fsp3) is 0.682. The first kappa shape index (κ1) is 19.8. The Bertz CT molecular complexity index is 685. The molecule has 2 saturated carbocycles. The Balaban J connectivity index is 1.19. The summed E-state index contributed by atoms with van der Waals surface area (Å²) in [6.45, 7) is 7.11. The standard InChI is InChI=1S/C22H30F2N2O2/c1-14(2)16(10-15-6-4-3-5-7-15)21(27)25-20-17-12-26(13-18(17)20)8-9-28-19-11-22(19,23)24/h3-7,14,16-20H,8-13H2,1-2H3,(H,25,27)/t16?,17-,18+,19?,20?. The summed E-state index contributed by atoms with van der Waals surface area (Å²) in [5.74, 6) is -1.19. The van der Waals surface area contributed by atoms with Crippen LogP contribution in [0.4, 0.5) is 8.78 Å². The maximum atomic E-state index is 12.9. The SMILES string of the molecule is CC(C)C(Cc1ccccc1)C(=O)NC1[C@H]2CN(CCOC3CC3(F)F)C[C@@H]12. The van der Waals surface area contributed by atoms with E-state index in [1.165, 1.54) is 5.56 Å². The number of benzene rings is 1. The van der Waals surface area contributed by atoms with Crippen LogP contribution in [-0.2, 0) is 16.0 Å². The van der Waals surface area contributed by atoms with Gasteiger partial charge >= 0.3 is 0 Å². The van der Waals surface area contributed by atoms with E-state index in [1.54, 1.807) is 0 Å². The van der Waals surface area contributed by atoms with E-state index in [0.29, 0.717) is 25.0 Å². The number of piperidine rings is 1.